The molecule has 78 valence electrons. The second-order valence-corrected chi connectivity index (χ2v) is 3.62. The fourth-order valence-corrected chi connectivity index (χ4v) is 1.68. The number of aromatic carboxylic acids is 1. The number of alkyl halides is 2. The molecule has 0 aliphatic heterocycles. The SMILES string of the molecule is N#Cc1ncc(I)c(C(=O)O)c1C(F)F. The van der Waals surface area contributed by atoms with Crippen LogP contribution in [0.1, 0.15) is 28.0 Å². The number of nitrogens with zero attached hydrogens (tertiary/aromatic N) is 2. The Bertz CT molecular complexity index is 457. The van der Waals surface area contributed by atoms with Crippen molar-refractivity contribution in [3.8, 4) is 6.07 Å². The largest absolute Gasteiger partial charge is 0.478 e. The third kappa shape index (κ3) is 2.20. The molecule has 4 nitrogen and oxygen atoms in total. The van der Waals surface area contributed by atoms with Gasteiger partial charge in [0, 0.05) is 9.77 Å². The Hall–Kier alpha value is -1.30. The van der Waals surface area contributed by atoms with Gasteiger partial charge in [-0.3, -0.25) is 0 Å². The number of halogens is 3. The minimum atomic E-state index is -3.03. The summed E-state index contributed by atoms with van der Waals surface area (Å²) in [4.78, 5) is 14.2. The summed E-state index contributed by atoms with van der Waals surface area (Å²) < 4.78 is 25.2. The average molecular weight is 324 g/mol. The summed E-state index contributed by atoms with van der Waals surface area (Å²) in [6.45, 7) is 0. The fraction of sp³-hybridized carbons (Fsp3) is 0.125. The summed E-state index contributed by atoms with van der Waals surface area (Å²) in [5, 5.41) is 17.3. The molecule has 7 heteroatoms. The lowest BCUT2D eigenvalue weighted by molar-refractivity contribution is 0.0682. The molecular formula is C8H3F2IN2O2. The zero-order valence-corrected chi connectivity index (χ0v) is 9.20. The van der Waals surface area contributed by atoms with E-state index in [2.05, 4.69) is 4.98 Å². The van der Waals surface area contributed by atoms with Crippen molar-refractivity contribution in [2.75, 3.05) is 0 Å². The summed E-state index contributed by atoms with van der Waals surface area (Å²) >= 11 is 1.58. The van der Waals surface area contributed by atoms with Crippen molar-refractivity contribution in [1.29, 1.82) is 5.26 Å². The second-order valence-electron chi connectivity index (χ2n) is 2.46. The maximum Gasteiger partial charge on any atom is 0.337 e. The molecule has 1 aromatic rings. The molecule has 15 heavy (non-hydrogen) atoms. The topological polar surface area (TPSA) is 74.0 Å². The van der Waals surface area contributed by atoms with E-state index in [1.807, 2.05) is 0 Å². The van der Waals surface area contributed by atoms with Crippen LogP contribution in [0.3, 0.4) is 0 Å². The lowest BCUT2D eigenvalue weighted by Gasteiger charge is -2.07. The van der Waals surface area contributed by atoms with Crippen LogP contribution in [0.15, 0.2) is 6.20 Å². The van der Waals surface area contributed by atoms with Gasteiger partial charge < -0.3 is 5.11 Å². The Labute approximate surface area is 96.7 Å². The highest BCUT2D eigenvalue weighted by Crippen LogP contribution is 2.28. The van der Waals surface area contributed by atoms with Crippen molar-refractivity contribution in [1.82, 2.24) is 4.98 Å². The third-order valence-corrected chi connectivity index (χ3v) is 2.43. The van der Waals surface area contributed by atoms with Crippen LogP contribution >= 0.6 is 22.6 Å². The van der Waals surface area contributed by atoms with Crippen LogP contribution < -0.4 is 0 Å². The van der Waals surface area contributed by atoms with Crippen molar-refractivity contribution in [3.05, 3.63) is 26.6 Å². The van der Waals surface area contributed by atoms with Gasteiger partial charge in [-0.15, -0.1) is 0 Å². The average Bonchev–Trinajstić information content (AvgIpc) is 2.16. The number of pyridine rings is 1. The predicted molar refractivity (Wildman–Crippen MR) is 53.6 cm³/mol. The normalized spacial score (nSPS) is 10.1. The van der Waals surface area contributed by atoms with Gasteiger partial charge in [0.15, 0.2) is 0 Å². The van der Waals surface area contributed by atoms with Crippen molar-refractivity contribution in [2.24, 2.45) is 0 Å². The van der Waals surface area contributed by atoms with Crippen LogP contribution in [0.2, 0.25) is 0 Å². The van der Waals surface area contributed by atoms with E-state index in [-0.39, 0.29) is 3.57 Å². The van der Waals surface area contributed by atoms with Crippen molar-refractivity contribution in [2.45, 2.75) is 6.43 Å². The minimum Gasteiger partial charge on any atom is -0.478 e. The molecule has 0 fully saturated rings. The number of carboxylic acid groups (broad SMARTS) is 1. The first-order chi connectivity index (χ1) is 6.99. The smallest absolute Gasteiger partial charge is 0.337 e. The molecule has 1 N–H and O–H groups in total. The molecule has 1 aromatic heterocycles. The summed E-state index contributed by atoms with van der Waals surface area (Å²) in [5.41, 5.74) is -1.93. The van der Waals surface area contributed by atoms with E-state index in [0.717, 1.165) is 6.20 Å². The van der Waals surface area contributed by atoms with Crippen LogP contribution in [0, 0.1) is 14.9 Å². The molecule has 0 spiro atoms. The van der Waals surface area contributed by atoms with E-state index >= 15 is 0 Å². The Morgan fingerprint density at radius 1 is 1.67 bits per heavy atom. The molecule has 0 aliphatic rings. The standard InChI is InChI=1S/C8H3F2IN2O2/c9-7(10)6-4(1-12)13-2-3(11)5(6)8(14)15/h2,7H,(H,14,15). The van der Waals surface area contributed by atoms with Gasteiger partial charge in [-0.25, -0.2) is 18.6 Å². The molecule has 1 rings (SSSR count). The lowest BCUT2D eigenvalue weighted by Crippen LogP contribution is -2.09. The number of nitriles is 1. The highest BCUT2D eigenvalue weighted by Gasteiger charge is 2.25. The molecule has 0 atom stereocenters. The molecule has 0 bridgehead atoms. The maximum atomic E-state index is 12.6. The Morgan fingerprint density at radius 3 is 2.67 bits per heavy atom. The van der Waals surface area contributed by atoms with E-state index in [1.54, 1.807) is 22.6 Å². The van der Waals surface area contributed by atoms with Gasteiger partial charge in [0.1, 0.15) is 11.8 Å². The third-order valence-electron chi connectivity index (χ3n) is 1.61. The first kappa shape index (κ1) is 11.8. The molecule has 0 aliphatic carbocycles. The van der Waals surface area contributed by atoms with E-state index < -0.39 is 29.2 Å². The van der Waals surface area contributed by atoms with Crippen molar-refractivity contribution in [3.63, 3.8) is 0 Å². The van der Waals surface area contributed by atoms with Gasteiger partial charge in [-0.1, -0.05) is 0 Å². The molecule has 0 saturated carbocycles. The molecular weight excluding hydrogens is 321 g/mol. The van der Waals surface area contributed by atoms with Crippen molar-refractivity contribution >= 4 is 28.6 Å². The first-order valence-corrected chi connectivity index (χ1v) is 4.66. The van der Waals surface area contributed by atoms with Crippen LogP contribution in [0.5, 0.6) is 0 Å². The van der Waals surface area contributed by atoms with E-state index in [1.165, 1.54) is 6.07 Å². The summed E-state index contributed by atoms with van der Waals surface area (Å²) in [6.07, 6.45) is -1.96. The number of hydrogen-bond donors (Lipinski definition) is 1. The molecule has 1 heterocycles. The van der Waals surface area contributed by atoms with Gasteiger partial charge in [0.2, 0.25) is 0 Å². The highest BCUT2D eigenvalue weighted by molar-refractivity contribution is 14.1. The van der Waals surface area contributed by atoms with E-state index in [0.29, 0.717) is 0 Å². The van der Waals surface area contributed by atoms with E-state index in [9.17, 15) is 13.6 Å². The number of carbonyl (C=O) groups is 1. The van der Waals surface area contributed by atoms with Gasteiger partial charge >= 0.3 is 5.97 Å². The van der Waals surface area contributed by atoms with Crippen LogP contribution in [0.4, 0.5) is 8.78 Å². The second kappa shape index (κ2) is 4.48. The minimum absolute atomic E-state index is 0.0781. The van der Waals surface area contributed by atoms with Crippen LogP contribution in [-0.2, 0) is 0 Å². The number of rotatable bonds is 2. The predicted octanol–water partition coefficient (Wildman–Crippen LogP) is 2.19. The fourth-order valence-electron chi connectivity index (χ4n) is 1.02. The molecule has 0 aromatic carbocycles. The number of aromatic nitrogens is 1. The molecule has 0 saturated heterocycles. The Morgan fingerprint density at radius 2 is 2.27 bits per heavy atom. The zero-order chi connectivity index (χ0) is 11.6. The monoisotopic (exact) mass is 324 g/mol. The summed E-state index contributed by atoms with van der Waals surface area (Å²) in [5.74, 6) is -1.49. The van der Waals surface area contributed by atoms with Crippen LogP contribution in [0.25, 0.3) is 0 Å². The quantitative estimate of drug-likeness (QED) is 0.847. The zero-order valence-electron chi connectivity index (χ0n) is 7.04. The van der Waals surface area contributed by atoms with Crippen LogP contribution in [-0.4, -0.2) is 16.1 Å². The Kier molecular flexibility index (Phi) is 3.52. The Balaban J connectivity index is 3.60. The van der Waals surface area contributed by atoms with Gasteiger partial charge in [0.25, 0.3) is 6.43 Å². The maximum absolute atomic E-state index is 12.6. The van der Waals surface area contributed by atoms with E-state index in [4.69, 9.17) is 10.4 Å². The lowest BCUT2D eigenvalue weighted by atomic mass is 10.1. The summed E-state index contributed by atoms with van der Waals surface area (Å²) in [7, 11) is 0. The number of hydrogen-bond acceptors (Lipinski definition) is 3. The molecule has 0 amide bonds. The van der Waals surface area contributed by atoms with Gasteiger partial charge in [0.05, 0.1) is 11.1 Å². The highest BCUT2D eigenvalue weighted by atomic mass is 127. The van der Waals surface area contributed by atoms with Crippen molar-refractivity contribution < 1.29 is 18.7 Å². The first-order valence-electron chi connectivity index (χ1n) is 3.59. The molecule has 0 radical (unpaired) electrons. The molecule has 0 unspecified atom stereocenters. The summed E-state index contributed by atoms with van der Waals surface area (Å²) in [6, 6.07) is 1.44. The van der Waals surface area contributed by atoms with Gasteiger partial charge in [-0.05, 0) is 22.6 Å². The van der Waals surface area contributed by atoms with Gasteiger partial charge in [-0.2, -0.15) is 5.26 Å². The number of carboxylic acids is 1.